The van der Waals surface area contributed by atoms with Gasteiger partial charge in [-0.1, -0.05) is 6.07 Å². The Morgan fingerprint density at radius 1 is 1.06 bits per heavy atom. The third kappa shape index (κ3) is 3.99. The van der Waals surface area contributed by atoms with Gasteiger partial charge in [0.05, 0.1) is 17.4 Å². The zero-order valence-electron chi connectivity index (χ0n) is 17.9. The van der Waals surface area contributed by atoms with E-state index in [1.165, 1.54) is 17.4 Å². The quantitative estimate of drug-likeness (QED) is 0.367. The Morgan fingerprint density at radius 3 is 2.42 bits per heavy atom. The van der Waals surface area contributed by atoms with Crippen LogP contribution in [0.5, 0.6) is 5.75 Å². The van der Waals surface area contributed by atoms with Gasteiger partial charge in [0, 0.05) is 16.5 Å². The number of carbonyl (C=O) groups is 2. The van der Waals surface area contributed by atoms with Gasteiger partial charge in [-0.25, -0.2) is 9.97 Å². The van der Waals surface area contributed by atoms with Crippen LogP contribution in [0, 0.1) is 6.92 Å². The predicted molar refractivity (Wildman–Crippen MR) is 134 cm³/mol. The maximum absolute atomic E-state index is 12.5. The summed E-state index contributed by atoms with van der Waals surface area (Å²) in [4.78, 5) is 37.0. The summed E-state index contributed by atoms with van der Waals surface area (Å²) in [6.07, 6.45) is 1.32. The highest BCUT2D eigenvalue weighted by Crippen LogP contribution is 2.41. The van der Waals surface area contributed by atoms with Crippen LogP contribution in [-0.4, -0.2) is 33.9 Å². The van der Waals surface area contributed by atoms with E-state index in [0.717, 1.165) is 41.9 Å². The van der Waals surface area contributed by atoms with E-state index in [-0.39, 0.29) is 18.3 Å². The Labute approximate surface area is 204 Å². The molecule has 3 aromatic heterocycles. The van der Waals surface area contributed by atoms with E-state index < -0.39 is 5.91 Å². The number of fused-ring (bicyclic) bond motifs is 1. The van der Waals surface area contributed by atoms with E-state index in [1.54, 1.807) is 25.4 Å². The summed E-state index contributed by atoms with van der Waals surface area (Å²) in [5, 5.41) is 3.74. The molecule has 0 atom stereocenters. The fraction of sp³-hybridized carbons (Fsp3) is 0.130. The Balaban J connectivity index is 0.00000259. The fourth-order valence-corrected chi connectivity index (χ4v) is 5.40. The number of methoxy groups -OCH3 is 1. The number of carbonyl (C=O) groups excluding carboxylic acids is 2. The largest absolute Gasteiger partial charge is 0.497 e. The first kappa shape index (κ1) is 22.9. The number of imide groups is 1. The number of hydrogen-bond acceptors (Lipinski definition) is 8. The van der Waals surface area contributed by atoms with E-state index in [1.807, 2.05) is 48.7 Å². The number of aromatic nitrogens is 2. The average molecular weight is 499 g/mol. The molecule has 4 aromatic rings. The molecule has 168 valence electrons. The first-order chi connectivity index (χ1) is 15.5. The lowest BCUT2D eigenvalue weighted by Gasteiger charge is -2.17. The van der Waals surface area contributed by atoms with Crippen molar-refractivity contribution in [2.45, 2.75) is 13.8 Å². The molecule has 1 N–H and O–H groups in total. The van der Waals surface area contributed by atoms with E-state index in [9.17, 15) is 9.59 Å². The lowest BCUT2D eigenvalue weighted by Crippen LogP contribution is -2.36. The Morgan fingerprint density at radius 2 is 1.82 bits per heavy atom. The van der Waals surface area contributed by atoms with Crippen molar-refractivity contribution in [1.29, 1.82) is 0 Å². The van der Waals surface area contributed by atoms with Gasteiger partial charge in [0.25, 0.3) is 11.8 Å². The van der Waals surface area contributed by atoms with Crippen molar-refractivity contribution in [3.63, 3.8) is 0 Å². The van der Waals surface area contributed by atoms with Gasteiger partial charge in [-0.15, -0.1) is 35.1 Å². The van der Waals surface area contributed by atoms with Crippen LogP contribution in [0.2, 0.25) is 0 Å². The van der Waals surface area contributed by atoms with Gasteiger partial charge < -0.3 is 4.74 Å². The van der Waals surface area contributed by atoms with E-state index in [2.05, 4.69) is 5.43 Å². The molecule has 0 bridgehead atoms. The van der Waals surface area contributed by atoms with Crippen LogP contribution < -0.4 is 10.2 Å². The van der Waals surface area contributed by atoms with Crippen LogP contribution in [0.4, 0.5) is 5.82 Å². The highest BCUT2D eigenvalue weighted by Gasteiger charge is 2.30. The zero-order valence-corrected chi connectivity index (χ0v) is 20.4. The van der Waals surface area contributed by atoms with E-state index in [0.29, 0.717) is 17.2 Å². The zero-order chi connectivity index (χ0) is 22.4. The molecule has 2 amide bonds. The maximum Gasteiger partial charge on any atom is 0.275 e. The van der Waals surface area contributed by atoms with Crippen molar-refractivity contribution in [3.05, 3.63) is 59.0 Å². The van der Waals surface area contributed by atoms with Crippen LogP contribution in [0.3, 0.4) is 0 Å². The van der Waals surface area contributed by atoms with Crippen molar-refractivity contribution in [3.8, 4) is 26.9 Å². The number of hydrazine groups is 1. The number of aryl methyl sites for hydroxylation is 1. The molecule has 5 rings (SSSR count). The molecule has 0 saturated heterocycles. The van der Waals surface area contributed by atoms with Crippen molar-refractivity contribution in [2.24, 2.45) is 0 Å². The van der Waals surface area contributed by atoms with Gasteiger partial charge >= 0.3 is 0 Å². The second-order valence-electron chi connectivity index (χ2n) is 7.26. The van der Waals surface area contributed by atoms with Gasteiger partial charge in [0.2, 0.25) is 0 Å². The van der Waals surface area contributed by atoms with Crippen LogP contribution >= 0.6 is 35.1 Å². The summed E-state index contributed by atoms with van der Waals surface area (Å²) in [5.41, 5.74) is 5.34. The molecule has 7 nitrogen and oxygen atoms in total. The molecule has 10 heteroatoms. The fourth-order valence-electron chi connectivity index (χ4n) is 3.55. The number of rotatable bonds is 5. The number of halogens is 1. The number of thiophene rings is 2. The minimum absolute atomic E-state index is 0. The van der Waals surface area contributed by atoms with Crippen LogP contribution in [0.1, 0.15) is 12.5 Å². The standard InChI is InChI=1S/C23H18N4O3S2.ClH/c1-12-11-17(28)27(23(12)29)26-21-18-13(2)19(14-6-8-15(30-3)9-7-14)32-22(18)25-20(24-21)16-5-4-10-31-16;/h4-11H,1-3H3,(H,24,25,26);1H. The molecule has 1 aliphatic rings. The van der Waals surface area contributed by atoms with E-state index in [4.69, 9.17) is 14.7 Å². The number of benzene rings is 1. The van der Waals surface area contributed by atoms with Crippen molar-refractivity contribution >= 4 is 62.9 Å². The molecule has 1 aliphatic heterocycles. The molecule has 0 radical (unpaired) electrons. The van der Waals surface area contributed by atoms with Crippen molar-refractivity contribution in [1.82, 2.24) is 15.0 Å². The van der Waals surface area contributed by atoms with Gasteiger partial charge in [-0.05, 0) is 60.7 Å². The van der Waals surface area contributed by atoms with Crippen LogP contribution in [0.15, 0.2) is 53.4 Å². The molecule has 1 aromatic carbocycles. The highest BCUT2D eigenvalue weighted by molar-refractivity contribution is 7.22. The third-order valence-corrected chi connectivity index (χ3v) is 7.30. The van der Waals surface area contributed by atoms with Gasteiger partial charge in [0.15, 0.2) is 11.6 Å². The minimum atomic E-state index is -0.416. The second kappa shape index (κ2) is 8.93. The summed E-state index contributed by atoms with van der Waals surface area (Å²) in [6.45, 7) is 3.61. The molecule has 33 heavy (non-hydrogen) atoms. The summed E-state index contributed by atoms with van der Waals surface area (Å²) in [5.74, 6) is 0.949. The topological polar surface area (TPSA) is 84.4 Å². The van der Waals surface area contributed by atoms with Crippen LogP contribution in [0.25, 0.3) is 31.4 Å². The lowest BCUT2D eigenvalue weighted by atomic mass is 10.1. The smallest absolute Gasteiger partial charge is 0.275 e. The molecule has 4 heterocycles. The van der Waals surface area contributed by atoms with Crippen molar-refractivity contribution < 1.29 is 14.3 Å². The van der Waals surface area contributed by atoms with E-state index >= 15 is 0 Å². The molecular weight excluding hydrogens is 480 g/mol. The Bertz CT molecular complexity index is 1400. The van der Waals surface area contributed by atoms with Gasteiger partial charge in [-0.3, -0.25) is 15.0 Å². The van der Waals surface area contributed by atoms with Gasteiger partial charge in [-0.2, -0.15) is 5.01 Å². The van der Waals surface area contributed by atoms with Gasteiger partial charge in [0.1, 0.15) is 10.6 Å². The highest BCUT2D eigenvalue weighted by atomic mass is 35.5. The predicted octanol–water partition coefficient (Wildman–Crippen LogP) is 5.47. The number of nitrogens with one attached hydrogen (secondary N) is 1. The average Bonchev–Trinajstić information content (AvgIpc) is 3.50. The Hall–Kier alpha value is -3.27. The number of hydrogen-bond donors (Lipinski definition) is 1. The summed E-state index contributed by atoms with van der Waals surface area (Å²) < 4.78 is 5.27. The number of amides is 2. The minimum Gasteiger partial charge on any atom is -0.497 e. The number of nitrogens with zero attached hydrogens (tertiary/aromatic N) is 3. The SMILES string of the molecule is COc1ccc(-c2sc3nc(-c4cccs4)nc(NN4C(=O)C=C(C)C4=O)c3c2C)cc1.Cl. The second-order valence-corrected chi connectivity index (χ2v) is 9.20. The molecule has 0 saturated carbocycles. The van der Waals surface area contributed by atoms with Crippen LogP contribution in [-0.2, 0) is 9.59 Å². The molecule has 0 aliphatic carbocycles. The normalized spacial score (nSPS) is 13.3. The summed E-state index contributed by atoms with van der Waals surface area (Å²) >= 11 is 3.08. The molecular formula is C23H19ClN4O3S2. The molecule has 0 fully saturated rings. The number of anilines is 1. The number of ether oxygens (including phenoxy) is 1. The molecule has 0 unspecified atom stereocenters. The van der Waals surface area contributed by atoms with Crippen molar-refractivity contribution in [2.75, 3.05) is 12.5 Å². The monoisotopic (exact) mass is 498 g/mol. The first-order valence-electron chi connectivity index (χ1n) is 9.79. The lowest BCUT2D eigenvalue weighted by molar-refractivity contribution is -0.135. The maximum atomic E-state index is 12.5. The molecule has 0 spiro atoms. The Kier molecular flexibility index (Phi) is 6.20. The summed E-state index contributed by atoms with van der Waals surface area (Å²) in [6, 6.07) is 11.7. The summed E-state index contributed by atoms with van der Waals surface area (Å²) in [7, 11) is 1.64. The third-order valence-electron chi connectivity index (χ3n) is 5.20. The first-order valence-corrected chi connectivity index (χ1v) is 11.5.